The van der Waals surface area contributed by atoms with Crippen molar-refractivity contribution in [1.82, 2.24) is 30.0 Å². The Bertz CT molecular complexity index is 986. The molecule has 3 heterocycles. The van der Waals surface area contributed by atoms with Crippen molar-refractivity contribution in [3.05, 3.63) is 59.9 Å². The van der Waals surface area contributed by atoms with E-state index in [4.69, 9.17) is 0 Å². The first-order chi connectivity index (χ1) is 14.3. The summed E-state index contributed by atoms with van der Waals surface area (Å²) in [5, 5.41) is 9.99. The number of carbonyl (C=O) groups excluding carboxylic acids is 1. The van der Waals surface area contributed by atoms with Crippen molar-refractivity contribution in [1.29, 1.82) is 0 Å². The summed E-state index contributed by atoms with van der Waals surface area (Å²) in [6.07, 6.45) is 2.35. The van der Waals surface area contributed by atoms with Gasteiger partial charge < -0.3 is 10.6 Å². The summed E-state index contributed by atoms with van der Waals surface area (Å²) >= 11 is 0. The number of amides is 1. The van der Waals surface area contributed by atoms with Gasteiger partial charge in [-0.05, 0) is 18.1 Å². The molecule has 0 radical (unpaired) electrons. The number of hydrogen-bond donors (Lipinski definition) is 2. The van der Waals surface area contributed by atoms with E-state index in [1.54, 1.807) is 18.6 Å². The fourth-order valence-electron chi connectivity index (χ4n) is 2.80. The van der Waals surface area contributed by atoms with Gasteiger partial charge in [0, 0.05) is 31.7 Å². The number of pyridine rings is 1. The summed E-state index contributed by atoms with van der Waals surface area (Å²) in [4.78, 5) is 24.5. The fourth-order valence-corrected chi connectivity index (χ4v) is 2.80. The van der Waals surface area contributed by atoms with Crippen LogP contribution in [0, 0.1) is 0 Å². The van der Waals surface area contributed by atoms with Crippen LogP contribution in [0.1, 0.15) is 41.4 Å². The molecule has 3 aromatic heterocycles. The normalized spacial score (nSPS) is 11.5. The second-order valence-corrected chi connectivity index (χ2v) is 6.69. The number of hydrogen-bond acceptors (Lipinski definition) is 6. The quantitative estimate of drug-likeness (QED) is 0.572. The van der Waals surface area contributed by atoms with Crippen LogP contribution in [-0.2, 0) is 6.18 Å². The van der Waals surface area contributed by atoms with E-state index < -0.39 is 11.7 Å². The molecule has 0 saturated heterocycles. The molecule has 0 aliphatic carbocycles. The summed E-state index contributed by atoms with van der Waals surface area (Å²) < 4.78 is 39.7. The number of anilines is 1. The molecule has 3 rings (SSSR count). The number of halogens is 3. The van der Waals surface area contributed by atoms with Gasteiger partial charge in [-0.2, -0.15) is 18.3 Å². The molecule has 0 aliphatic heterocycles. The Hall–Kier alpha value is -3.50. The Morgan fingerprint density at radius 3 is 2.50 bits per heavy atom. The minimum Gasteiger partial charge on any atom is -0.367 e. The molecule has 30 heavy (non-hydrogen) atoms. The number of rotatable bonds is 7. The van der Waals surface area contributed by atoms with Gasteiger partial charge in [-0.15, -0.1) is 0 Å². The van der Waals surface area contributed by atoms with E-state index in [0.717, 1.165) is 12.3 Å². The number of aromatic nitrogens is 5. The summed E-state index contributed by atoms with van der Waals surface area (Å²) in [7, 11) is 0. The maximum atomic E-state index is 12.8. The van der Waals surface area contributed by atoms with Gasteiger partial charge in [0.15, 0.2) is 5.82 Å². The third-order valence-electron chi connectivity index (χ3n) is 4.17. The van der Waals surface area contributed by atoms with Gasteiger partial charge in [0.25, 0.3) is 5.91 Å². The predicted octanol–water partition coefficient (Wildman–Crippen LogP) is 3.04. The standard InChI is InChI=1S/C19H20F3N7O/c1-12(2)17-14(18(30)26-8-7-25-15-11-23-5-6-24-15)10-28-29(17)16-4-3-13(9-27-16)19(20,21)22/h3-6,9-12H,7-8H2,1-2H3,(H,24,25)(H,26,30). The molecule has 3 aromatic rings. The minimum atomic E-state index is -4.47. The molecule has 158 valence electrons. The van der Waals surface area contributed by atoms with Crippen LogP contribution in [0.5, 0.6) is 0 Å². The summed E-state index contributed by atoms with van der Waals surface area (Å²) in [6.45, 7) is 4.50. The highest BCUT2D eigenvalue weighted by atomic mass is 19.4. The van der Waals surface area contributed by atoms with Crippen molar-refractivity contribution in [3.8, 4) is 5.82 Å². The lowest BCUT2D eigenvalue weighted by molar-refractivity contribution is -0.137. The van der Waals surface area contributed by atoms with E-state index in [1.807, 2.05) is 13.8 Å². The number of alkyl halides is 3. The Kier molecular flexibility index (Phi) is 6.28. The highest BCUT2D eigenvalue weighted by Crippen LogP contribution is 2.29. The highest BCUT2D eigenvalue weighted by molar-refractivity contribution is 5.95. The average Bonchev–Trinajstić information content (AvgIpc) is 3.17. The molecule has 2 N–H and O–H groups in total. The molecular formula is C19H20F3N7O. The van der Waals surface area contributed by atoms with Crippen molar-refractivity contribution in [2.24, 2.45) is 0 Å². The molecule has 0 aromatic carbocycles. The van der Waals surface area contributed by atoms with Gasteiger partial charge in [0.05, 0.1) is 29.2 Å². The Morgan fingerprint density at radius 2 is 1.90 bits per heavy atom. The molecule has 0 aliphatic rings. The fraction of sp³-hybridized carbons (Fsp3) is 0.316. The Morgan fingerprint density at radius 1 is 1.10 bits per heavy atom. The third-order valence-corrected chi connectivity index (χ3v) is 4.17. The SMILES string of the molecule is CC(C)c1c(C(=O)NCCNc2cnccn2)cnn1-c1ccc(C(F)(F)F)cn1. The maximum Gasteiger partial charge on any atom is 0.417 e. The molecule has 0 bridgehead atoms. The van der Waals surface area contributed by atoms with Gasteiger partial charge in [-0.3, -0.25) is 9.78 Å². The van der Waals surface area contributed by atoms with Crippen LogP contribution in [0.2, 0.25) is 0 Å². The van der Waals surface area contributed by atoms with Gasteiger partial charge in [-0.25, -0.2) is 14.6 Å². The number of carbonyl (C=O) groups is 1. The van der Waals surface area contributed by atoms with E-state index in [1.165, 1.54) is 16.9 Å². The van der Waals surface area contributed by atoms with E-state index in [0.29, 0.717) is 30.2 Å². The van der Waals surface area contributed by atoms with Crippen LogP contribution in [-0.4, -0.2) is 43.7 Å². The minimum absolute atomic E-state index is 0.116. The largest absolute Gasteiger partial charge is 0.417 e. The highest BCUT2D eigenvalue weighted by Gasteiger charge is 2.31. The summed E-state index contributed by atoms with van der Waals surface area (Å²) in [5.74, 6) is 0.346. The second-order valence-electron chi connectivity index (χ2n) is 6.69. The smallest absolute Gasteiger partial charge is 0.367 e. The zero-order valence-electron chi connectivity index (χ0n) is 16.3. The zero-order chi connectivity index (χ0) is 21.7. The van der Waals surface area contributed by atoms with Gasteiger partial charge in [0.1, 0.15) is 5.82 Å². The first-order valence-electron chi connectivity index (χ1n) is 9.17. The molecule has 0 spiro atoms. The van der Waals surface area contributed by atoms with Gasteiger partial charge in [0.2, 0.25) is 0 Å². The second kappa shape index (κ2) is 8.89. The number of nitrogens with zero attached hydrogens (tertiary/aromatic N) is 5. The van der Waals surface area contributed by atoms with Gasteiger partial charge in [-0.1, -0.05) is 13.8 Å². The monoisotopic (exact) mass is 419 g/mol. The van der Waals surface area contributed by atoms with Crippen LogP contribution >= 0.6 is 0 Å². The first kappa shape index (κ1) is 21.2. The van der Waals surface area contributed by atoms with Gasteiger partial charge >= 0.3 is 6.18 Å². The van der Waals surface area contributed by atoms with E-state index >= 15 is 0 Å². The Labute approximate surface area is 170 Å². The van der Waals surface area contributed by atoms with Crippen LogP contribution < -0.4 is 10.6 Å². The molecule has 0 atom stereocenters. The molecule has 0 fully saturated rings. The van der Waals surface area contributed by atoms with E-state index in [2.05, 4.69) is 30.7 Å². The molecule has 0 unspecified atom stereocenters. The van der Waals surface area contributed by atoms with Crippen molar-refractivity contribution in [3.63, 3.8) is 0 Å². The first-order valence-corrected chi connectivity index (χ1v) is 9.17. The Balaban J connectivity index is 1.71. The van der Waals surface area contributed by atoms with Crippen molar-refractivity contribution >= 4 is 11.7 Å². The molecule has 8 nitrogen and oxygen atoms in total. The summed E-state index contributed by atoms with van der Waals surface area (Å²) in [6, 6.07) is 2.17. The van der Waals surface area contributed by atoms with Crippen LogP contribution in [0.3, 0.4) is 0 Å². The molecule has 0 saturated carbocycles. The topological polar surface area (TPSA) is 97.6 Å². The van der Waals surface area contributed by atoms with E-state index in [-0.39, 0.29) is 17.6 Å². The average molecular weight is 419 g/mol. The van der Waals surface area contributed by atoms with Crippen LogP contribution in [0.15, 0.2) is 43.1 Å². The number of nitrogens with one attached hydrogen (secondary N) is 2. The third kappa shape index (κ3) is 4.91. The lowest BCUT2D eigenvalue weighted by atomic mass is 10.1. The lowest BCUT2D eigenvalue weighted by Crippen LogP contribution is -2.29. The predicted molar refractivity (Wildman–Crippen MR) is 103 cm³/mol. The van der Waals surface area contributed by atoms with Crippen molar-refractivity contribution in [2.75, 3.05) is 18.4 Å². The molecule has 11 heteroatoms. The van der Waals surface area contributed by atoms with Crippen LogP contribution in [0.25, 0.3) is 5.82 Å². The van der Waals surface area contributed by atoms with Crippen molar-refractivity contribution in [2.45, 2.75) is 25.9 Å². The van der Waals surface area contributed by atoms with E-state index in [9.17, 15) is 18.0 Å². The molecular weight excluding hydrogens is 399 g/mol. The zero-order valence-corrected chi connectivity index (χ0v) is 16.3. The summed E-state index contributed by atoms with van der Waals surface area (Å²) in [5.41, 5.74) is 0.0471. The molecule has 1 amide bonds. The lowest BCUT2D eigenvalue weighted by Gasteiger charge is -2.13. The van der Waals surface area contributed by atoms with Crippen molar-refractivity contribution < 1.29 is 18.0 Å². The maximum absolute atomic E-state index is 12.8. The van der Waals surface area contributed by atoms with Crippen LogP contribution in [0.4, 0.5) is 19.0 Å².